The van der Waals surface area contributed by atoms with E-state index in [1.54, 1.807) is 0 Å². The van der Waals surface area contributed by atoms with E-state index in [0.717, 1.165) is 19.5 Å². The summed E-state index contributed by atoms with van der Waals surface area (Å²) in [7, 11) is 0. The standard InChI is InChI=1S/C8H13NO/c1-3-8(10)9-5-4-7(2)6-9/h3,7H,1,4-6H2,2H3. The second kappa shape index (κ2) is 2.86. The van der Waals surface area contributed by atoms with Gasteiger partial charge in [0.25, 0.3) is 0 Å². The van der Waals surface area contributed by atoms with Gasteiger partial charge >= 0.3 is 0 Å². The number of amides is 1. The molecule has 0 aromatic carbocycles. The maximum atomic E-state index is 11.0. The number of rotatable bonds is 1. The van der Waals surface area contributed by atoms with Crippen LogP contribution in [0.25, 0.3) is 0 Å². The molecule has 1 amide bonds. The summed E-state index contributed by atoms with van der Waals surface area (Å²) in [4.78, 5) is 12.8. The van der Waals surface area contributed by atoms with Gasteiger partial charge in [0, 0.05) is 13.1 Å². The van der Waals surface area contributed by atoms with Gasteiger partial charge in [-0.3, -0.25) is 4.79 Å². The molecule has 1 heterocycles. The van der Waals surface area contributed by atoms with Crippen LogP contribution in [0.1, 0.15) is 13.3 Å². The van der Waals surface area contributed by atoms with Gasteiger partial charge in [-0.1, -0.05) is 13.5 Å². The zero-order valence-corrected chi connectivity index (χ0v) is 6.34. The summed E-state index contributed by atoms with van der Waals surface area (Å²) >= 11 is 0. The molecule has 0 aromatic heterocycles. The van der Waals surface area contributed by atoms with Crippen LogP contribution in [0.4, 0.5) is 0 Å². The monoisotopic (exact) mass is 139 g/mol. The Morgan fingerprint density at radius 2 is 2.50 bits per heavy atom. The van der Waals surface area contributed by atoms with Crippen molar-refractivity contribution in [1.29, 1.82) is 0 Å². The Hall–Kier alpha value is -0.790. The van der Waals surface area contributed by atoms with Crippen molar-refractivity contribution in [2.75, 3.05) is 13.1 Å². The van der Waals surface area contributed by atoms with Crippen LogP contribution in [0.15, 0.2) is 12.7 Å². The molecule has 2 heteroatoms. The number of carbonyl (C=O) groups is 1. The molecule has 2 nitrogen and oxygen atoms in total. The quantitative estimate of drug-likeness (QED) is 0.497. The van der Waals surface area contributed by atoms with Crippen molar-refractivity contribution in [3.8, 4) is 0 Å². The van der Waals surface area contributed by atoms with Gasteiger partial charge in [0.1, 0.15) is 0 Å². The molecular formula is C8H13NO. The Morgan fingerprint density at radius 1 is 1.80 bits per heavy atom. The van der Waals surface area contributed by atoms with Crippen molar-refractivity contribution in [3.63, 3.8) is 0 Å². The number of carbonyl (C=O) groups excluding carboxylic acids is 1. The molecule has 10 heavy (non-hydrogen) atoms. The molecule has 1 aliphatic heterocycles. The van der Waals surface area contributed by atoms with Gasteiger partial charge in [-0.15, -0.1) is 0 Å². The molecule has 56 valence electrons. The maximum absolute atomic E-state index is 11.0. The van der Waals surface area contributed by atoms with Crippen LogP contribution in [0.5, 0.6) is 0 Å². The molecule has 0 bridgehead atoms. The fraction of sp³-hybridized carbons (Fsp3) is 0.625. The Bertz CT molecular complexity index is 153. The first-order valence-electron chi connectivity index (χ1n) is 3.65. The normalized spacial score (nSPS) is 24.9. The molecule has 1 rings (SSSR count). The Kier molecular flexibility index (Phi) is 2.10. The first-order valence-corrected chi connectivity index (χ1v) is 3.65. The van der Waals surface area contributed by atoms with Gasteiger partial charge in [0.15, 0.2) is 0 Å². The summed E-state index contributed by atoms with van der Waals surface area (Å²) < 4.78 is 0. The van der Waals surface area contributed by atoms with E-state index in [-0.39, 0.29) is 5.91 Å². The fourth-order valence-electron chi connectivity index (χ4n) is 1.26. The van der Waals surface area contributed by atoms with Gasteiger partial charge in [-0.05, 0) is 18.4 Å². The van der Waals surface area contributed by atoms with Gasteiger partial charge in [0.2, 0.25) is 5.91 Å². The Balaban J connectivity index is 2.44. The van der Waals surface area contributed by atoms with Crippen LogP contribution in [0.3, 0.4) is 0 Å². The molecule has 0 saturated carbocycles. The minimum Gasteiger partial charge on any atom is -0.339 e. The lowest BCUT2D eigenvalue weighted by atomic mass is 10.2. The summed E-state index contributed by atoms with van der Waals surface area (Å²) in [6.45, 7) is 7.42. The topological polar surface area (TPSA) is 20.3 Å². The summed E-state index contributed by atoms with van der Waals surface area (Å²) in [5, 5.41) is 0. The first-order chi connectivity index (χ1) is 4.74. The third-order valence-corrected chi connectivity index (χ3v) is 1.91. The second-order valence-electron chi connectivity index (χ2n) is 2.88. The summed E-state index contributed by atoms with van der Waals surface area (Å²) in [5.74, 6) is 0.744. The molecule has 1 atom stereocenters. The third kappa shape index (κ3) is 1.38. The van der Waals surface area contributed by atoms with E-state index in [1.165, 1.54) is 6.08 Å². The van der Waals surface area contributed by atoms with Crippen molar-refractivity contribution in [2.24, 2.45) is 5.92 Å². The molecule has 1 saturated heterocycles. The largest absolute Gasteiger partial charge is 0.339 e. The van der Waals surface area contributed by atoms with E-state index in [9.17, 15) is 4.79 Å². The molecule has 0 spiro atoms. The summed E-state index contributed by atoms with van der Waals surface area (Å²) in [6.07, 6.45) is 2.53. The van der Waals surface area contributed by atoms with Crippen LogP contribution in [-0.2, 0) is 4.79 Å². The highest BCUT2D eigenvalue weighted by Crippen LogP contribution is 2.14. The smallest absolute Gasteiger partial charge is 0.245 e. The van der Waals surface area contributed by atoms with E-state index in [0.29, 0.717) is 5.92 Å². The Morgan fingerprint density at radius 3 is 2.90 bits per heavy atom. The highest BCUT2D eigenvalue weighted by molar-refractivity contribution is 5.87. The van der Waals surface area contributed by atoms with Crippen molar-refractivity contribution in [3.05, 3.63) is 12.7 Å². The molecular weight excluding hydrogens is 126 g/mol. The number of hydrogen-bond donors (Lipinski definition) is 0. The van der Waals surface area contributed by atoms with Crippen LogP contribution in [-0.4, -0.2) is 23.9 Å². The van der Waals surface area contributed by atoms with Crippen LogP contribution < -0.4 is 0 Å². The molecule has 0 aliphatic carbocycles. The highest BCUT2D eigenvalue weighted by Gasteiger charge is 2.20. The van der Waals surface area contributed by atoms with Crippen molar-refractivity contribution in [2.45, 2.75) is 13.3 Å². The number of hydrogen-bond acceptors (Lipinski definition) is 1. The molecule has 1 aliphatic rings. The van der Waals surface area contributed by atoms with E-state index < -0.39 is 0 Å². The van der Waals surface area contributed by atoms with Crippen molar-refractivity contribution in [1.82, 2.24) is 4.90 Å². The van der Waals surface area contributed by atoms with Gasteiger partial charge in [-0.2, -0.15) is 0 Å². The van der Waals surface area contributed by atoms with E-state index in [1.807, 2.05) is 4.90 Å². The average Bonchev–Trinajstić information content (AvgIpc) is 2.34. The lowest BCUT2D eigenvalue weighted by Gasteiger charge is -2.11. The zero-order chi connectivity index (χ0) is 7.56. The summed E-state index contributed by atoms with van der Waals surface area (Å²) in [5.41, 5.74) is 0. The molecule has 1 unspecified atom stereocenters. The SMILES string of the molecule is C=CC(=O)N1CCC(C)C1. The van der Waals surface area contributed by atoms with Gasteiger partial charge in [0.05, 0.1) is 0 Å². The van der Waals surface area contributed by atoms with E-state index in [2.05, 4.69) is 13.5 Å². The minimum atomic E-state index is 0.0735. The molecule has 1 fully saturated rings. The Labute approximate surface area is 61.5 Å². The molecule has 0 radical (unpaired) electrons. The third-order valence-electron chi connectivity index (χ3n) is 1.91. The number of likely N-dealkylation sites (tertiary alicyclic amines) is 1. The van der Waals surface area contributed by atoms with Crippen LogP contribution in [0.2, 0.25) is 0 Å². The second-order valence-corrected chi connectivity index (χ2v) is 2.88. The van der Waals surface area contributed by atoms with Gasteiger partial charge < -0.3 is 4.90 Å². The average molecular weight is 139 g/mol. The minimum absolute atomic E-state index is 0.0735. The van der Waals surface area contributed by atoms with Crippen LogP contribution >= 0.6 is 0 Å². The van der Waals surface area contributed by atoms with E-state index in [4.69, 9.17) is 0 Å². The molecule has 0 N–H and O–H groups in total. The highest BCUT2D eigenvalue weighted by atomic mass is 16.2. The molecule has 0 aromatic rings. The van der Waals surface area contributed by atoms with Crippen LogP contribution in [0, 0.1) is 5.92 Å². The van der Waals surface area contributed by atoms with E-state index >= 15 is 0 Å². The lowest BCUT2D eigenvalue weighted by Crippen LogP contribution is -2.26. The fourth-order valence-corrected chi connectivity index (χ4v) is 1.26. The maximum Gasteiger partial charge on any atom is 0.245 e. The lowest BCUT2D eigenvalue weighted by molar-refractivity contribution is -0.125. The van der Waals surface area contributed by atoms with Crippen molar-refractivity contribution >= 4 is 5.91 Å². The predicted molar refractivity (Wildman–Crippen MR) is 40.6 cm³/mol. The summed E-state index contributed by atoms with van der Waals surface area (Å²) in [6, 6.07) is 0. The first kappa shape index (κ1) is 7.32. The van der Waals surface area contributed by atoms with Gasteiger partial charge in [-0.25, -0.2) is 0 Å². The van der Waals surface area contributed by atoms with Crippen molar-refractivity contribution < 1.29 is 4.79 Å². The zero-order valence-electron chi connectivity index (χ0n) is 6.34. The predicted octanol–water partition coefficient (Wildman–Crippen LogP) is 1.04. The number of nitrogens with zero attached hydrogens (tertiary/aromatic N) is 1.